The summed E-state index contributed by atoms with van der Waals surface area (Å²) in [6.45, 7) is 1.96. The van der Waals surface area contributed by atoms with Crippen LogP contribution in [0.25, 0.3) is 10.9 Å². The number of aryl methyl sites for hydroxylation is 2. The number of nitrogens with zero attached hydrogens (tertiary/aromatic N) is 1. The van der Waals surface area contributed by atoms with Crippen LogP contribution in [0, 0.1) is 6.92 Å². The van der Waals surface area contributed by atoms with E-state index in [1.54, 1.807) is 7.05 Å². The molecule has 7 heteroatoms. The second kappa shape index (κ2) is 6.63. The Bertz CT molecular complexity index is 978. The molecule has 0 bridgehead atoms. The molecule has 6 nitrogen and oxygen atoms in total. The molecule has 1 amide bonds. The molecule has 1 unspecified atom stereocenters. The van der Waals surface area contributed by atoms with Gasteiger partial charge in [-0.05, 0) is 42.8 Å². The third-order valence-electron chi connectivity index (χ3n) is 4.84. The van der Waals surface area contributed by atoms with Gasteiger partial charge >= 0.3 is 0 Å². The standard InChI is InChI=1S/C18H22N2O4S/c1-12-3-4-13-10-14(18(22)19-16(13)9-12)5-6-17(21)20(2)15-7-8-25(23,24)11-15/h3-4,9-10,15H,5-8,11H2,1-2H3,(H,19,22). The number of benzene rings is 1. The summed E-state index contributed by atoms with van der Waals surface area (Å²) >= 11 is 0. The molecule has 0 aliphatic carbocycles. The van der Waals surface area contributed by atoms with Crippen molar-refractivity contribution in [2.24, 2.45) is 0 Å². The summed E-state index contributed by atoms with van der Waals surface area (Å²) < 4.78 is 23.1. The number of aromatic nitrogens is 1. The van der Waals surface area contributed by atoms with Gasteiger partial charge in [0.2, 0.25) is 5.91 Å². The summed E-state index contributed by atoms with van der Waals surface area (Å²) in [5, 5.41) is 0.933. The molecule has 1 N–H and O–H groups in total. The monoisotopic (exact) mass is 362 g/mol. The number of hydrogen-bond acceptors (Lipinski definition) is 4. The summed E-state index contributed by atoms with van der Waals surface area (Å²) in [4.78, 5) is 28.9. The van der Waals surface area contributed by atoms with Crippen molar-refractivity contribution < 1.29 is 13.2 Å². The molecule has 2 aromatic rings. The zero-order chi connectivity index (χ0) is 18.2. The topological polar surface area (TPSA) is 87.3 Å². The predicted molar refractivity (Wildman–Crippen MR) is 97.5 cm³/mol. The van der Waals surface area contributed by atoms with E-state index in [1.807, 2.05) is 31.2 Å². The maximum atomic E-state index is 12.4. The van der Waals surface area contributed by atoms with Crippen molar-refractivity contribution in [1.82, 2.24) is 9.88 Å². The van der Waals surface area contributed by atoms with Crippen LogP contribution in [0.3, 0.4) is 0 Å². The first kappa shape index (κ1) is 17.7. The predicted octanol–water partition coefficient (Wildman–Crippen LogP) is 1.41. The largest absolute Gasteiger partial charge is 0.342 e. The molecule has 1 aromatic heterocycles. The van der Waals surface area contributed by atoms with Gasteiger partial charge in [0, 0.05) is 30.6 Å². The number of amides is 1. The van der Waals surface area contributed by atoms with Crippen molar-refractivity contribution in [2.75, 3.05) is 18.6 Å². The lowest BCUT2D eigenvalue weighted by Crippen LogP contribution is -2.38. The Hall–Kier alpha value is -2.15. The number of nitrogens with one attached hydrogen (secondary N) is 1. The van der Waals surface area contributed by atoms with E-state index in [0.717, 1.165) is 16.5 Å². The highest BCUT2D eigenvalue weighted by atomic mass is 32.2. The van der Waals surface area contributed by atoms with Gasteiger partial charge in [0.25, 0.3) is 5.56 Å². The number of aromatic amines is 1. The first-order valence-electron chi connectivity index (χ1n) is 8.34. The van der Waals surface area contributed by atoms with Crippen LogP contribution >= 0.6 is 0 Å². The fraction of sp³-hybridized carbons (Fsp3) is 0.444. The molecule has 1 aliphatic heterocycles. The molecule has 3 rings (SSSR count). The summed E-state index contributed by atoms with van der Waals surface area (Å²) in [5.41, 5.74) is 2.24. The van der Waals surface area contributed by atoms with Crippen LogP contribution in [-0.2, 0) is 21.1 Å². The molecule has 0 saturated carbocycles. The SMILES string of the molecule is Cc1ccc2cc(CCC(=O)N(C)C3CCS(=O)(=O)C3)c(=O)[nH]c2c1. The lowest BCUT2D eigenvalue weighted by molar-refractivity contribution is -0.131. The van der Waals surface area contributed by atoms with E-state index in [9.17, 15) is 18.0 Å². The quantitative estimate of drug-likeness (QED) is 0.891. The average Bonchev–Trinajstić information content (AvgIpc) is 2.91. The Morgan fingerprint density at radius 1 is 1.32 bits per heavy atom. The van der Waals surface area contributed by atoms with E-state index in [4.69, 9.17) is 0 Å². The van der Waals surface area contributed by atoms with Crippen LogP contribution in [0.1, 0.15) is 24.0 Å². The molecule has 1 fully saturated rings. The molecular formula is C18H22N2O4S. The number of H-pyrrole nitrogens is 1. The second-order valence-electron chi connectivity index (χ2n) is 6.78. The normalized spacial score (nSPS) is 19.2. The molecule has 1 aromatic carbocycles. The van der Waals surface area contributed by atoms with Crippen molar-refractivity contribution in [3.05, 3.63) is 45.7 Å². The number of hydrogen-bond donors (Lipinski definition) is 1. The number of sulfone groups is 1. The molecule has 0 radical (unpaired) electrons. The number of rotatable bonds is 4. The number of carbonyl (C=O) groups is 1. The Balaban J connectivity index is 1.70. The molecule has 1 saturated heterocycles. The van der Waals surface area contributed by atoms with Gasteiger partial charge in [0.15, 0.2) is 9.84 Å². The van der Waals surface area contributed by atoms with Gasteiger partial charge < -0.3 is 9.88 Å². The number of pyridine rings is 1. The summed E-state index contributed by atoms with van der Waals surface area (Å²) in [6, 6.07) is 7.40. The van der Waals surface area contributed by atoms with Crippen molar-refractivity contribution in [2.45, 2.75) is 32.2 Å². The van der Waals surface area contributed by atoms with Crippen LogP contribution in [0.5, 0.6) is 0 Å². The fourth-order valence-corrected chi connectivity index (χ4v) is 5.02. The third kappa shape index (κ3) is 3.92. The Labute approximate surface area is 146 Å². The Kier molecular flexibility index (Phi) is 4.69. The average molecular weight is 362 g/mol. The Morgan fingerprint density at radius 3 is 2.76 bits per heavy atom. The van der Waals surface area contributed by atoms with E-state index < -0.39 is 9.84 Å². The van der Waals surface area contributed by atoms with Gasteiger partial charge in [0.1, 0.15) is 0 Å². The highest BCUT2D eigenvalue weighted by Crippen LogP contribution is 2.18. The lowest BCUT2D eigenvalue weighted by atomic mass is 10.1. The zero-order valence-electron chi connectivity index (χ0n) is 14.4. The number of fused-ring (bicyclic) bond motifs is 1. The smallest absolute Gasteiger partial charge is 0.251 e. The summed E-state index contributed by atoms with van der Waals surface area (Å²) in [5.74, 6) is 0.0370. The van der Waals surface area contributed by atoms with Crippen molar-refractivity contribution >= 4 is 26.6 Å². The van der Waals surface area contributed by atoms with Gasteiger partial charge in [-0.25, -0.2) is 8.42 Å². The van der Waals surface area contributed by atoms with Crippen LogP contribution in [0.2, 0.25) is 0 Å². The molecule has 1 atom stereocenters. The maximum absolute atomic E-state index is 12.4. The van der Waals surface area contributed by atoms with E-state index in [2.05, 4.69) is 4.98 Å². The minimum absolute atomic E-state index is 0.0329. The van der Waals surface area contributed by atoms with Gasteiger partial charge in [-0.3, -0.25) is 9.59 Å². The Morgan fingerprint density at radius 2 is 2.08 bits per heavy atom. The van der Waals surface area contributed by atoms with Crippen molar-refractivity contribution in [3.8, 4) is 0 Å². The molecule has 1 aliphatic rings. The minimum Gasteiger partial charge on any atom is -0.342 e. The first-order chi connectivity index (χ1) is 11.7. The molecule has 2 heterocycles. The second-order valence-corrected chi connectivity index (χ2v) is 9.00. The first-order valence-corrected chi connectivity index (χ1v) is 10.2. The third-order valence-corrected chi connectivity index (χ3v) is 6.59. The van der Waals surface area contributed by atoms with E-state index in [0.29, 0.717) is 18.4 Å². The maximum Gasteiger partial charge on any atom is 0.251 e. The van der Waals surface area contributed by atoms with E-state index >= 15 is 0 Å². The van der Waals surface area contributed by atoms with Crippen LogP contribution in [-0.4, -0.2) is 48.8 Å². The van der Waals surface area contributed by atoms with Gasteiger partial charge in [-0.1, -0.05) is 12.1 Å². The summed E-state index contributed by atoms with van der Waals surface area (Å²) in [6.07, 6.45) is 1.01. The zero-order valence-corrected chi connectivity index (χ0v) is 15.2. The van der Waals surface area contributed by atoms with Gasteiger partial charge in [-0.15, -0.1) is 0 Å². The summed E-state index contributed by atoms with van der Waals surface area (Å²) in [7, 11) is -1.38. The van der Waals surface area contributed by atoms with Crippen molar-refractivity contribution in [3.63, 3.8) is 0 Å². The fourth-order valence-electron chi connectivity index (χ4n) is 3.25. The number of carbonyl (C=O) groups excluding carboxylic acids is 1. The molecule has 25 heavy (non-hydrogen) atoms. The van der Waals surface area contributed by atoms with Crippen LogP contribution in [0.15, 0.2) is 29.1 Å². The van der Waals surface area contributed by atoms with Gasteiger partial charge in [0.05, 0.1) is 11.5 Å². The van der Waals surface area contributed by atoms with Crippen LogP contribution < -0.4 is 5.56 Å². The molecule has 134 valence electrons. The van der Waals surface area contributed by atoms with E-state index in [-0.39, 0.29) is 35.4 Å². The highest BCUT2D eigenvalue weighted by Gasteiger charge is 2.32. The van der Waals surface area contributed by atoms with Crippen molar-refractivity contribution in [1.29, 1.82) is 0 Å². The molecular weight excluding hydrogens is 340 g/mol. The molecule has 0 spiro atoms. The lowest BCUT2D eigenvalue weighted by Gasteiger charge is -2.23. The van der Waals surface area contributed by atoms with Crippen LogP contribution in [0.4, 0.5) is 0 Å². The van der Waals surface area contributed by atoms with E-state index in [1.165, 1.54) is 4.90 Å². The minimum atomic E-state index is -3.02. The van der Waals surface area contributed by atoms with Gasteiger partial charge in [-0.2, -0.15) is 0 Å². The highest BCUT2D eigenvalue weighted by molar-refractivity contribution is 7.91.